The first-order valence-electron chi connectivity index (χ1n) is 7.72. The third-order valence-corrected chi connectivity index (χ3v) is 4.09. The van der Waals surface area contributed by atoms with Gasteiger partial charge in [-0.05, 0) is 56.7 Å². The van der Waals surface area contributed by atoms with Gasteiger partial charge in [-0.1, -0.05) is 12.1 Å². The van der Waals surface area contributed by atoms with E-state index in [1.54, 1.807) is 0 Å². The number of nitrogens with zero attached hydrogens (tertiary/aromatic N) is 1. The first-order valence-corrected chi connectivity index (χ1v) is 7.72. The number of benzene rings is 1. The largest absolute Gasteiger partial charge is 0.483 e. The summed E-state index contributed by atoms with van der Waals surface area (Å²) in [5, 5.41) is 8.98. The van der Waals surface area contributed by atoms with Gasteiger partial charge in [0.15, 0.2) is 6.61 Å². The van der Waals surface area contributed by atoms with E-state index in [9.17, 15) is 4.79 Å². The molecule has 116 valence electrons. The molecule has 1 aromatic carbocycles. The van der Waals surface area contributed by atoms with Crippen molar-refractivity contribution in [1.82, 2.24) is 4.90 Å². The normalized spacial score (nSPS) is 14.6. The summed E-state index contributed by atoms with van der Waals surface area (Å²) in [5.41, 5.74) is 2.16. The molecule has 1 saturated carbocycles. The molecule has 1 fully saturated rings. The third-order valence-electron chi connectivity index (χ3n) is 4.09. The molecular weight excluding hydrogens is 266 g/mol. The number of carbonyl (C=O) groups excluding carboxylic acids is 1. The van der Waals surface area contributed by atoms with E-state index in [1.165, 1.54) is 6.42 Å². The molecule has 0 atom stereocenters. The molecule has 4 nitrogen and oxygen atoms in total. The number of aliphatic hydroxyl groups excluding tert-OH is 1. The number of ether oxygens (including phenoxy) is 1. The van der Waals surface area contributed by atoms with E-state index in [1.807, 2.05) is 36.9 Å². The molecule has 21 heavy (non-hydrogen) atoms. The molecule has 0 radical (unpaired) electrons. The maximum absolute atomic E-state index is 12.4. The van der Waals surface area contributed by atoms with Crippen LogP contribution in [0.15, 0.2) is 18.2 Å². The summed E-state index contributed by atoms with van der Waals surface area (Å²) in [6, 6.07) is 6.34. The molecule has 1 aliphatic carbocycles. The van der Waals surface area contributed by atoms with Crippen LogP contribution in [0.3, 0.4) is 0 Å². The summed E-state index contributed by atoms with van der Waals surface area (Å²) in [7, 11) is 0. The Hall–Kier alpha value is -1.55. The zero-order valence-electron chi connectivity index (χ0n) is 13.0. The molecule has 1 aromatic rings. The van der Waals surface area contributed by atoms with Gasteiger partial charge in [-0.2, -0.15) is 0 Å². The van der Waals surface area contributed by atoms with Crippen molar-refractivity contribution < 1.29 is 14.6 Å². The Morgan fingerprint density at radius 1 is 1.38 bits per heavy atom. The highest BCUT2D eigenvalue weighted by atomic mass is 16.5. The predicted octanol–water partition coefficient (Wildman–Crippen LogP) is 2.45. The van der Waals surface area contributed by atoms with Crippen molar-refractivity contribution in [2.24, 2.45) is 0 Å². The van der Waals surface area contributed by atoms with Gasteiger partial charge < -0.3 is 14.7 Å². The maximum atomic E-state index is 12.4. The summed E-state index contributed by atoms with van der Waals surface area (Å²) in [4.78, 5) is 14.3. The lowest BCUT2D eigenvalue weighted by atomic mass is 9.91. The van der Waals surface area contributed by atoms with Crippen LogP contribution in [-0.2, 0) is 4.79 Å². The number of aliphatic hydroxyl groups is 1. The Bertz CT molecular complexity index is 483. The molecule has 0 aromatic heterocycles. The zero-order chi connectivity index (χ0) is 15.2. The van der Waals surface area contributed by atoms with Gasteiger partial charge in [0, 0.05) is 19.2 Å². The van der Waals surface area contributed by atoms with E-state index in [2.05, 4.69) is 0 Å². The molecule has 0 unspecified atom stereocenters. The van der Waals surface area contributed by atoms with Crippen molar-refractivity contribution in [3.05, 3.63) is 29.3 Å². The minimum absolute atomic E-state index is 0.0223. The summed E-state index contributed by atoms with van der Waals surface area (Å²) >= 11 is 0. The van der Waals surface area contributed by atoms with E-state index in [0.717, 1.165) is 29.7 Å². The molecule has 1 aliphatic rings. The molecule has 0 aliphatic heterocycles. The van der Waals surface area contributed by atoms with Crippen molar-refractivity contribution in [3.8, 4) is 5.75 Å². The van der Waals surface area contributed by atoms with Crippen LogP contribution in [0.4, 0.5) is 0 Å². The minimum Gasteiger partial charge on any atom is -0.483 e. The molecule has 0 spiro atoms. The van der Waals surface area contributed by atoms with Crippen molar-refractivity contribution in [2.45, 2.75) is 45.6 Å². The Labute approximate surface area is 126 Å². The van der Waals surface area contributed by atoms with E-state index >= 15 is 0 Å². The molecule has 1 N–H and O–H groups in total. The first-order chi connectivity index (χ1) is 10.1. The van der Waals surface area contributed by atoms with Crippen molar-refractivity contribution in [3.63, 3.8) is 0 Å². The molecule has 1 amide bonds. The van der Waals surface area contributed by atoms with E-state index in [-0.39, 0.29) is 19.1 Å². The minimum atomic E-state index is 0.0223. The average Bonchev–Trinajstić information content (AvgIpc) is 2.41. The van der Waals surface area contributed by atoms with Crippen LogP contribution < -0.4 is 4.74 Å². The highest BCUT2D eigenvalue weighted by Crippen LogP contribution is 2.25. The van der Waals surface area contributed by atoms with Crippen LogP contribution in [-0.4, -0.2) is 41.7 Å². The second kappa shape index (κ2) is 7.46. The zero-order valence-corrected chi connectivity index (χ0v) is 13.0. The van der Waals surface area contributed by atoms with Gasteiger partial charge in [0.25, 0.3) is 5.91 Å². The predicted molar refractivity (Wildman–Crippen MR) is 82.5 cm³/mol. The molecule has 0 bridgehead atoms. The monoisotopic (exact) mass is 291 g/mol. The number of carbonyl (C=O) groups is 1. The van der Waals surface area contributed by atoms with Crippen molar-refractivity contribution in [1.29, 1.82) is 0 Å². The fourth-order valence-corrected chi connectivity index (χ4v) is 2.54. The van der Waals surface area contributed by atoms with Gasteiger partial charge in [-0.25, -0.2) is 0 Å². The first kappa shape index (κ1) is 15.8. The van der Waals surface area contributed by atoms with Gasteiger partial charge in [0.05, 0.1) is 0 Å². The summed E-state index contributed by atoms with van der Waals surface area (Å²) in [5.74, 6) is 0.799. The standard InChI is InChI=1S/C17H25NO3/c1-13-7-8-14(2)16(11-13)21-12-17(20)18(9-4-10-19)15-5-3-6-15/h7-8,11,15,19H,3-6,9-10,12H2,1-2H3. The van der Waals surface area contributed by atoms with Gasteiger partial charge in [-0.15, -0.1) is 0 Å². The number of rotatable bonds is 7. The van der Waals surface area contributed by atoms with Gasteiger partial charge in [0.1, 0.15) is 5.75 Å². The Morgan fingerprint density at radius 2 is 2.14 bits per heavy atom. The van der Waals surface area contributed by atoms with E-state index in [4.69, 9.17) is 9.84 Å². The molecule has 0 saturated heterocycles. The molecule has 0 heterocycles. The Morgan fingerprint density at radius 3 is 2.76 bits per heavy atom. The van der Waals surface area contributed by atoms with Crippen LogP contribution in [0.5, 0.6) is 5.75 Å². The van der Waals surface area contributed by atoms with E-state index < -0.39 is 0 Å². The summed E-state index contributed by atoms with van der Waals surface area (Å²) in [6.07, 6.45) is 3.96. The Kier molecular flexibility index (Phi) is 5.62. The van der Waals surface area contributed by atoms with Crippen LogP contribution >= 0.6 is 0 Å². The number of amides is 1. The van der Waals surface area contributed by atoms with Crippen molar-refractivity contribution >= 4 is 5.91 Å². The third kappa shape index (κ3) is 4.21. The topological polar surface area (TPSA) is 49.8 Å². The lowest BCUT2D eigenvalue weighted by Crippen LogP contribution is -2.46. The lowest BCUT2D eigenvalue weighted by Gasteiger charge is -2.37. The van der Waals surface area contributed by atoms with E-state index in [0.29, 0.717) is 19.0 Å². The van der Waals surface area contributed by atoms with Crippen LogP contribution in [0.25, 0.3) is 0 Å². The highest BCUT2D eigenvalue weighted by Gasteiger charge is 2.28. The number of aryl methyl sites for hydroxylation is 2. The molecule has 2 rings (SSSR count). The smallest absolute Gasteiger partial charge is 0.260 e. The quantitative estimate of drug-likeness (QED) is 0.839. The fourth-order valence-electron chi connectivity index (χ4n) is 2.54. The molecular formula is C17H25NO3. The summed E-state index contributed by atoms with van der Waals surface area (Å²) in [6.45, 7) is 4.81. The van der Waals surface area contributed by atoms with Gasteiger partial charge >= 0.3 is 0 Å². The van der Waals surface area contributed by atoms with Crippen molar-refractivity contribution in [2.75, 3.05) is 19.8 Å². The lowest BCUT2D eigenvalue weighted by molar-refractivity contribution is -0.137. The SMILES string of the molecule is Cc1ccc(C)c(OCC(=O)N(CCCO)C2CCC2)c1. The second-order valence-electron chi connectivity index (χ2n) is 5.81. The molecule has 4 heteroatoms. The van der Waals surface area contributed by atoms with Gasteiger partial charge in [-0.3, -0.25) is 4.79 Å². The average molecular weight is 291 g/mol. The van der Waals surface area contributed by atoms with Crippen LogP contribution in [0.2, 0.25) is 0 Å². The maximum Gasteiger partial charge on any atom is 0.260 e. The Balaban J connectivity index is 1.93. The highest BCUT2D eigenvalue weighted by molar-refractivity contribution is 5.78. The second-order valence-corrected chi connectivity index (χ2v) is 5.81. The fraction of sp³-hybridized carbons (Fsp3) is 0.588. The van der Waals surface area contributed by atoms with Crippen LogP contribution in [0, 0.1) is 13.8 Å². The summed E-state index contributed by atoms with van der Waals surface area (Å²) < 4.78 is 5.71. The van der Waals surface area contributed by atoms with Crippen LogP contribution in [0.1, 0.15) is 36.8 Å². The number of hydrogen-bond donors (Lipinski definition) is 1. The number of hydrogen-bond acceptors (Lipinski definition) is 3. The van der Waals surface area contributed by atoms with Gasteiger partial charge in [0.2, 0.25) is 0 Å².